The number of hydrogen-bond donors (Lipinski definition) is 1. The summed E-state index contributed by atoms with van der Waals surface area (Å²) in [5.41, 5.74) is 5.05. The molecule has 1 saturated carbocycles. The van der Waals surface area contributed by atoms with Crippen LogP contribution >= 0.6 is 11.8 Å². The number of benzene rings is 1. The highest BCUT2D eigenvalue weighted by atomic mass is 32.2. The zero-order valence-corrected chi connectivity index (χ0v) is 23.4. The van der Waals surface area contributed by atoms with E-state index in [2.05, 4.69) is 43.9 Å². The molecule has 37 heavy (non-hydrogen) atoms. The van der Waals surface area contributed by atoms with Crippen LogP contribution in [0.3, 0.4) is 0 Å². The van der Waals surface area contributed by atoms with E-state index in [0.717, 1.165) is 57.0 Å². The number of anilines is 1. The zero-order valence-electron chi connectivity index (χ0n) is 21.7. The van der Waals surface area contributed by atoms with Gasteiger partial charge in [0.25, 0.3) is 0 Å². The fourth-order valence-electron chi connectivity index (χ4n) is 4.04. The highest BCUT2D eigenvalue weighted by molar-refractivity contribution is 8.00. The molecule has 2 heterocycles. The van der Waals surface area contributed by atoms with Gasteiger partial charge in [0.2, 0.25) is 10.0 Å². The Morgan fingerprint density at radius 3 is 2.86 bits per heavy atom. The number of ether oxygens (including phenoxy) is 1. The number of rotatable bonds is 12. The zero-order chi connectivity index (χ0) is 26.6. The first-order valence-electron chi connectivity index (χ1n) is 12.3. The van der Waals surface area contributed by atoms with Crippen molar-refractivity contribution in [3.8, 4) is 0 Å². The molecule has 8 nitrogen and oxygen atoms in total. The summed E-state index contributed by atoms with van der Waals surface area (Å²) in [5.74, 6) is 0.807. The number of sulfonamides is 1. The van der Waals surface area contributed by atoms with Gasteiger partial charge < -0.3 is 14.5 Å². The van der Waals surface area contributed by atoms with E-state index >= 15 is 0 Å². The summed E-state index contributed by atoms with van der Waals surface area (Å²) >= 11 is 1.75. The Hall–Kier alpha value is -2.66. The first kappa shape index (κ1) is 27.4. The molecule has 1 aliphatic heterocycles. The monoisotopic (exact) mass is 541 g/mol. The lowest BCUT2D eigenvalue weighted by Crippen LogP contribution is -2.29. The molecule has 1 aliphatic carbocycles. The van der Waals surface area contributed by atoms with Gasteiger partial charge in [-0.1, -0.05) is 12.6 Å². The molecule has 0 spiro atoms. The highest BCUT2D eigenvalue weighted by Gasteiger charge is 2.36. The van der Waals surface area contributed by atoms with Crippen LogP contribution in [0, 0.1) is 0 Å². The third-order valence-electron chi connectivity index (χ3n) is 6.30. The molecule has 1 fully saturated rings. The third kappa shape index (κ3) is 6.81. The van der Waals surface area contributed by atoms with Gasteiger partial charge in [0, 0.05) is 47.2 Å². The summed E-state index contributed by atoms with van der Waals surface area (Å²) in [5, 5.41) is 0.694. The molecule has 1 aromatic carbocycles. The van der Waals surface area contributed by atoms with Gasteiger partial charge in [-0.25, -0.2) is 8.42 Å². The van der Waals surface area contributed by atoms with E-state index in [1.165, 1.54) is 0 Å². The minimum Gasteiger partial charge on any atom is -0.375 e. The molecule has 0 amide bonds. The second-order valence-corrected chi connectivity index (χ2v) is 12.6. The van der Waals surface area contributed by atoms with Crippen molar-refractivity contribution in [1.82, 2.24) is 14.6 Å². The fourth-order valence-corrected chi connectivity index (χ4v) is 6.61. The van der Waals surface area contributed by atoms with E-state index in [1.54, 1.807) is 24.0 Å². The lowest BCUT2D eigenvalue weighted by Gasteiger charge is -2.29. The summed E-state index contributed by atoms with van der Waals surface area (Å²) in [6, 6.07) is 6.02. The number of fused-ring (bicyclic) bond motifs is 3. The van der Waals surface area contributed by atoms with Crippen molar-refractivity contribution < 1.29 is 13.2 Å². The van der Waals surface area contributed by atoms with E-state index in [0.29, 0.717) is 25.1 Å². The molecular formula is C27H35N5O3S2. The number of pyridine rings is 1. The largest absolute Gasteiger partial charge is 0.375 e. The molecule has 10 heteroatoms. The van der Waals surface area contributed by atoms with Gasteiger partial charge in [0.05, 0.1) is 35.0 Å². The van der Waals surface area contributed by atoms with Gasteiger partial charge in [-0.05, 0) is 70.4 Å². The van der Waals surface area contributed by atoms with E-state index in [4.69, 9.17) is 4.74 Å². The second kappa shape index (κ2) is 11.8. The van der Waals surface area contributed by atoms with Gasteiger partial charge >= 0.3 is 0 Å². The van der Waals surface area contributed by atoms with Crippen LogP contribution in [0.2, 0.25) is 0 Å². The van der Waals surface area contributed by atoms with Crippen LogP contribution in [-0.4, -0.2) is 76.9 Å². The lowest BCUT2D eigenvalue weighted by molar-refractivity contribution is 0.144. The molecule has 1 aromatic heterocycles. The van der Waals surface area contributed by atoms with Crippen LogP contribution in [0.4, 0.5) is 5.69 Å². The molecule has 0 radical (unpaired) electrons. The molecule has 1 N–H and O–H groups in total. The maximum Gasteiger partial charge on any atom is 0.235 e. The number of aromatic nitrogens is 1. The van der Waals surface area contributed by atoms with Crippen molar-refractivity contribution in [2.24, 2.45) is 4.99 Å². The fraction of sp³-hybridized carbons (Fsp3) is 0.407. The molecule has 2 aromatic rings. The van der Waals surface area contributed by atoms with Crippen molar-refractivity contribution in [2.75, 3.05) is 51.6 Å². The Balaban J connectivity index is 1.66. The first-order valence-corrected chi connectivity index (χ1v) is 14.8. The molecule has 0 atom stereocenters. The van der Waals surface area contributed by atoms with Crippen LogP contribution in [0.1, 0.15) is 24.8 Å². The average Bonchev–Trinajstić information content (AvgIpc) is 3.71. The minimum absolute atomic E-state index is 0.154. The van der Waals surface area contributed by atoms with Gasteiger partial charge in [-0.2, -0.15) is 0 Å². The Morgan fingerprint density at radius 2 is 2.16 bits per heavy atom. The molecule has 0 saturated heterocycles. The van der Waals surface area contributed by atoms with Crippen molar-refractivity contribution in [3.05, 3.63) is 60.2 Å². The van der Waals surface area contributed by atoms with Crippen molar-refractivity contribution in [1.29, 1.82) is 0 Å². The van der Waals surface area contributed by atoms with Crippen molar-refractivity contribution in [3.63, 3.8) is 0 Å². The van der Waals surface area contributed by atoms with Gasteiger partial charge in [0.15, 0.2) is 0 Å². The minimum atomic E-state index is -3.45. The van der Waals surface area contributed by atoms with E-state index in [1.807, 2.05) is 39.5 Å². The number of aliphatic imine (C=N–C) groups is 1. The predicted molar refractivity (Wildman–Crippen MR) is 155 cm³/mol. The molecule has 4 rings (SSSR count). The summed E-state index contributed by atoms with van der Waals surface area (Å²) in [4.78, 5) is 14.0. The quantitative estimate of drug-likeness (QED) is 0.244. The smallest absolute Gasteiger partial charge is 0.235 e. The van der Waals surface area contributed by atoms with Crippen LogP contribution in [-0.2, 0) is 14.8 Å². The number of allylic oxidation sites excluding steroid dienone is 2. The molecule has 198 valence electrons. The Morgan fingerprint density at radius 1 is 1.38 bits per heavy atom. The van der Waals surface area contributed by atoms with Crippen LogP contribution < -0.4 is 9.62 Å². The van der Waals surface area contributed by atoms with E-state index < -0.39 is 10.0 Å². The Bertz CT molecular complexity index is 1350. The van der Waals surface area contributed by atoms with E-state index in [-0.39, 0.29) is 11.9 Å². The van der Waals surface area contributed by atoms with Crippen molar-refractivity contribution in [2.45, 2.75) is 29.4 Å². The Kier molecular flexibility index (Phi) is 8.74. The number of nitrogens with one attached hydrogen (secondary N) is 1. The molecule has 0 unspecified atom stereocenters. The average molecular weight is 542 g/mol. The summed E-state index contributed by atoms with van der Waals surface area (Å²) in [7, 11) is 2.58. The number of nitrogens with zero attached hydrogens (tertiary/aromatic N) is 4. The molecular weight excluding hydrogens is 506 g/mol. The summed E-state index contributed by atoms with van der Waals surface area (Å²) < 4.78 is 34.1. The van der Waals surface area contributed by atoms with E-state index in [9.17, 15) is 8.42 Å². The SMILES string of the molecule is C=N/C=C(\C=C(/COCCCN(C)C)NS(=O)(=O)C1CC1)c1ccc2ncc3c(c2c1)SCC(=C)N3C. The third-order valence-corrected chi connectivity index (χ3v) is 9.39. The normalized spacial score (nSPS) is 16.9. The topological polar surface area (TPSA) is 87.1 Å². The van der Waals surface area contributed by atoms with Gasteiger partial charge in [-0.3, -0.25) is 14.7 Å². The van der Waals surface area contributed by atoms with Crippen molar-refractivity contribution >= 4 is 50.7 Å². The summed E-state index contributed by atoms with van der Waals surface area (Å²) in [6.07, 6.45) is 7.55. The summed E-state index contributed by atoms with van der Waals surface area (Å²) in [6.45, 7) is 9.36. The van der Waals surface area contributed by atoms with Crippen LogP contribution in [0.15, 0.2) is 64.5 Å². The Labute approximate surface area is 224 Å². The maximum atomic E-state index is 12.8. The second-order valence-electron chi connectivity index (χ2n) is 9.61. The lowest BCUT2D eigenvalue weighted by atomic mass is 10.0. The predicted octanol–water partition coefficient (Wildman–Crippen LogP) is 4.27. The van der Waals surface area contributed by atoms with Crippen LogP contribution in [0.5, 0.6) is 0 Å². The van der Waals surface area contributed by atoms with Gasteiger partial charge in [-0.15, -0.1) is 11.8 Å². The van der Waals surface area contributed by atoms with Crippen LogP contribution in [0.25, 0.3) is 16.5 Å². The molecule has 0 bridgehead atoms. The maximum absolute atomic E-state index is 12.8. The standard InChI is InChI=1S/C27H35N5O3S2/c1-19-18-36-27-24-14-20(7-10-25(24)29-16-26(27)32(19)5)21(15-28-2)13-22(17-35-12-6-11-31(3)4)30-37(33,34)23-8-9-23/h7,10,13-16,23,30H,1-2,6,8-9,11-12,17-18H2,3-5H3/b21-15+,22-13+. The number of thioether (sulfide) groups is 1. The number of hydrogen-bond acceptors (Lipinski definition) is 8. The highest BCUT2D eigenvalue weighted by Crippen LogP contribution is 2.42. The first-order chi connectivity index (χ1) is 17.7. The molecule has 2 aliphatic rings. The van der Waals surface area contributed by atoms with Gasteiger partial charge in [0.1, 0.15) is 0 Å².